The molecule has 3 aromatic rings. The normalized spacial score (nSPS) is 15.7. The second-order valence-corrected chi connectivity index (χ2v) is 8.07. The average Bonchev–Trinajstić information content (AvgIpc) is 3.49. The maximum atomic E-state index is 13.2. The SMILES string of the molecule is CN(C)c1ccc(CN(CC2CCCO2)C(=O)Cc2ccc(-n3cnnn3)cc2)cc1. The summed E-state index contributed by atoms with van der Waals surface area (Å²) in [6, 6.07) is 16.1. The summed E-state index contributed by atoms with van der Waals surface area (Å²) in [7, 11) is 4.04. The Bertz CT molecular complexity index is 964. The molecule has 1 saturated heterocycles. The van der Waals surface area contributed by atoms with Gasteiger partial charge in [0.2, 0.25) is 5.91 Å². The highest BCUT2D eigenvalue weighted by atomic mass is 16.5. The van der Waals surface area contributed by atoms with Gasteiger partial charge in [-0.25, -0.2) is 4.68 Å². The van der Waals surface area contributed by atoms with Gasteiger partial charge < -0.3 is 14.5 Å². The van der Waals surface area contributed by atoms with Crippen molar-refractivity contribution in [2.45, 2.75) is 31.9 Å². The topological polar surface area (TPSA) is 76.4 Å². The van der Waals surface area contributed by atoms with Crippen LogP contribution in [0.15, 0.2) is 54.9 Å². The van der Waals surface area contributed by atoms with Crippen LogP contribution < -0.4 is 4.90 Å². The van der Waals surface area contributed by atoms with Crippen molar-refractivity contribution < 1.29 is 9.53 Å². The van der Waals surface area contributed by atoms with E-state index in [1.165, 1.54) is 0 Å². The number of anilines is 1. The first-order valence-corrected chi connectivity index (χ1v) is 10.6. The standard InChI is InChI=1S/C23H28N6O2/c1-27(2)20-9-7-19(8-10-20)15-28(16-22-4-3-13-31-22)23(30)14-18-5-11-21(12-6-18)29-17-24-25-26-29/h5-12,17,22H,3-4,13-16H2,1-2H3. The molecular weight excluding hydrogens is 392 g/mol. The molecule has 0 radical (unpaired) electrons. The molecule has 2 heterocycles. The van der Waals surface area contributed by atoms with E-state index >= 15 is 0 Å². The van der Waals surface area contributed by atoms with Gasteiger partial charge in [-0.15, -0.1) is 5.10 Å². The molecule has 1 fully saturated rings. The lowest BCUT2D eigenvalue weighted by atomic mass is 10.1. The van der Waals surface area contributed by atoms with Crippen LogP contribution >= 0.6 is 0 Å². The van der Waals surface area contributed by atoms with Crippen LogP contribution in [0.2, 0.25) is 0 Å². The molecule has 162 valence electrons. The highest BCUT2D eigenvalue weighted by Gasteiger charge is 2.23. The van der Waals surface area contributed by atoms with E-state index in [-0.39, 0.29) is 12.0 Å². The summed E-state index contributed by atoms with van der Waals surface area (Å²) < 4.78 is 7.40. The molecule has 8 nitrogen and oxygen atoms in total. The van der Waals surface area contributed by atoms with Crippen LogP contribution in [0.3, 0.4) is 0 Å². The molecule has 0 aliphatic carbocycles. The Morgan fingerprint density at radius 1 is 1.10 bits per heavy atom. The Labute approximate surface area is 182 Å². The van der Waals surface area contributed by atoms with Crippen molar-refractivity contribution in [3.8, 4) is 5.69 Å². The molecule has 0 spiro atoms. The Morgan fingerprint density at radius 3 is 2.45 bits per heavy atom. The minimum Gasteiger partial charge on any atom is -0.378 e. The van der Waals surface area contributed by atoms with Crippen LogP contribution in [0.25, 0.3) is 5.69 Å². The van der Waals surface area contributed by atoms with E-state index in [2.05, 4.69) is 44.7 Å². The summed E-state index contributed by atoms with van der Waals surface area (Å²) in [5, 5.41) is 11.2. The molecule has 0 N–H and O–H groups in total. The second-order valence-electron chi connectivity index (χ2n) is 8.07. The maximum Gasteiger partial charge on any atom is 0.227 e. The Morgan fingerprint density at radius 2 is 1.84 bits per heavy atom. The molecule has 1 atom stereocenters. The fraction of sp³-hybridized carbons (Fsp3) is 0.391. The number of hydrogen-bond donors (Lipinski definition) is 0. The monoisotopic (exact) mass is 420 g/mol. The minimum atomic E-state index is 0.0994. The number of carbonyl (C=O) groups excluding carboxylic acids is 1. The predicted molar refractivity (Wildman–Crippen MR) is 118 cm³/mol. The van der Waals surface area contributed by atoms with Crippen LogP contribution in [0, 0.1) is 0 Å². The van der Waals surface area contributed by atoms with Gasteiger partial charge in [0.25, 0.3) is 0 Å². The summed E-state index contributed by atoms with van der Waals surface area (Å²) in [5.74, 6) is 0.0994. The van der Waals surface area contributed by atoms with Crippen molar-refractivity contribution in [2.24, 2.45) is 0 Å². The molecule has 31 heavy (non-hydrogen) atoms. The lowest BCUT2D eigenvalue weighted by molar-refractivity contribution is -0.132. The lowest BCUT2D eigenvalue weighted by Crippen LogP contribution is -2.37. The van der Waals surface area contributed by atoms with Gasteiger partial charge in [-0.05, 0) is 58.7 Å². The van der Waals surface area contributed by atoms with Crippen molar-refractivity contribution in [2.75, 3.05) is 32.1 Å². The van der Waals surface area contributed by atoms with Gasteiger partial charge in [-0.1, -0.05) is 24.3 Å². The number of ether oxygens (including phenoxy) is 1. The highest BCUT2D eigenvalue weighted by Crippen LogP contribution is 2.19. The third kappa shape index (κ3) is 5.46. The largest absolute Gasteiger partial charge is 0.378 e. The van der Waals surface area contributed by atoms with Crippen LogP contribution in [0.5, 0.6) is 0 Å². The number of hydrogen-bond acceptors (Lipinski definition) is 6. The summed E-state index contributed by atoms with van der Waals surface area (Å²) in [4.78, 5) is 17.2. The molecule has 0 saturated carbocycles. The van der Waals surface area contributed by atoms with Crippen LogP contribution in [-0.4, -0.2) is 64.4 Å². The summed E-state index contributed by atoms with van der Waals surface area (Å²) in [6.07, 6.45) is 4.07. The fourth-order valence-corrected chi connectivity index (χ4v) is 3.74. The van der Waals surface area contributed by atoms with E-state index in [0.717, 1.165) is 42.0 Å². The molecule has 1 amide bonds. The molecule has 0 bridgehead atoms. The number of rotatable bonds is 8. The molecule has 2 aromatic carbocycles. The van der Waals surface area contributed by atoms with Gasteiger partial charge >= 0.3 is 0 Å². The van der Waals surface area contributed by atoms with E-state index in [4.69, 9.17) is 4.74 Å². The number of benzene rings is 2. The van der Waals surface area contributed by atoms with E-state index in [9.17, 15) is 4.79 Å². The van der Waals surface area contributed by atoms with Crippen molar-refractivity contribution in [1.29, 1.82) is 0 Å². The van der Waals surface area contributed by atoms with Crippen LogP contribution in [-0.2, 0) is 22.5 Å². The Balaban J connectivity index is 1.45. The zero-order valence-electron chi connectivity index (χ0n) is 18.0. The predicted octanol–water partition coefficient (Wildman–Crippen LogP) is 2.48. The minimum absolute atomic E-state index is 0.0994. The van der Waals surface area contributed by atoms with Crippen molar-refractivity contribution in [3.05, 3.63) is 66.0 Å². The Hall–Kier alpha value is -3.26. The molecule has 4 rings (SSSR count). The van der Waals surface area contributed by atoms with Crippen LogP contribution in [0.4, 0.5) is 5.69 Å². The van der Waals surface area contributed by atoms with Crippen LogP contribution in [0.1, 0.15) is 24.0 Å². The van der Waals surface area contributed by atoms with E-state index in [0.29, 0.717) is 19.5 Å². The van der Waals surface area contributed by atoms with Gasteiger partial charge in [-0.2, -0.15) is 0 Å². The summed E-state index contributed by atoms with van der Waals surface area (Å²) in [6.45, 7) is 1.98. The van der Waals surface area contributed by atoms with E-state index in [1.54, 1.807) is 11.0 Å². The smallest absolute Gasteiger partial charge is 0.227 e. The second kappa shape index (κ2) is 9.70. The third-order valence-electron chi connectivity index (χ3n) is 5.53. The summed E-state index contributed by atoms with van der Waals surface area (Å²) >= 11 is 0. The molecule has 1 aliphatic rings. The first-order valence-electron chi connectivity index (χ1n) is 10.6. The maximum absolute atomic E-state index is 13.2. The van der Waals surface area contributed by atoms with Crippen molar-refractivity contribution >= 4 is 11.6 Å². The number of amides is 1. The number of carbonyl (C=O) groups is 1. The summed E-state index contributed by atoms with van der Waals surface area (Å²) in [5.41, 5.74) is 4.08. The molecule has 1 aromatic heterocycles. The quantitative estimate of drug-likeness (QED) is 0.557. The molecule has 8 heteroatoms. The zero-order valence-corrected chi connectivity index (χ0v) is 18.0. The van der Waals surface area contributed by atoms with Gasteiger partial charge in [0, 0.05) is 39.5 Å². The fourth-order valence-electron chi connectivity index (χ4n) is 3.74. The zero-order chi connectivity index (χ0) is 21.6. The van der Waals surface area contributed by atoms with Gasteiger partial charge in [-0.3, -0.25) is 4.79 Å². The highest BCUT2D eigenvalue weighted by molar-refractivity contribution is 5.79. The van der Waals surface area contributed by atoms with E-state index < -0.39 is 0 Å². The van der Waals surface area contributed by atoms with Crippen molar-refractivity contribution in [3.63, 3.8) is 0 Å². The number of aromatic nitrogens is 4. The number of tetrazole rings is 1. The average molecular weight is 421 g/mol. The lowest BCUT2D eigenvalue weighted by Gasteiger charge is -2.26. The van der Waals surface area contributed by atoms with Gasteiger partial charge in [0.05, 0.1) is 18.2 Å². The van der Waals surface area contributed by atoms with Crippen molar-refractivity contribution in [1.82, 2.24) is 25.1 Å². The first-order chi connectivity index (χ1) is 15.1. The first kappa shape index (κ1) is 21.0. The third-order valence-corrected chi connectivity index (χ3v) is 5.53. The molecule has 1 unspecified atom stereocenters. The van der Waals surface area contributed by atoms with E-state index in [1.807, 2.05) is 43.3 Å². The Kier molecular flexibility index (Phi) is 6.57. The molecular formula is C23H28N6O2. The number of nitrogens with zero attached hydrogens (tertiary/aromatic N) is 6. The molecule has 1 aliphatic heterocycles. The van der Waals surface area contributed by atoms with Gasteiger partial charge in [0.15, 0.2) is 0 Å². The van der Waals surface area contributed by atoms with Gasteiger partial charge in [0.1, 0.15) is 6.33 Å².